The minimum absolute atomic E-state index is 0.0436. The van der Waals surface area contributed by atoms with E-state index in [0.717, 1.165) is 24.3 Å². The van der Waals surface area contributed by atoms with Gasteiger partial charge < -0.3 is 15.2 Å². The Kier molecular flexibility index (Phi) is 4.44. The van der Waals surface area contributed by atoms with E-state index in [4.69, 9.17) is 11.6 Å². The molecule has 140 valence electrons. The van der Waals surface area contributed by atoms with Gasteiger partial charge in [-0.2, -0.15) is 0 Å². The Morgan fingerprint density at radius 3 is 2.81 bits per heavy atom. The number of likely N-dealkylation sites (N-methyl/N-ethyl adjacent to an activating group) is 1. The van der Waals surface area contributed by atoms with Crippen molar-refractivity contribution in [3.8, 4) is 11.1 Å². The van der Waals surface area contributed by atoms with Gasteiger partial charge in [-0.05, 0) is 42.4 Å². The van der Waals surface area contributed by atoms with E-state index in [0.29, 0.717) is 16.5 Å². The lowest BCUT2D eigenvalue weighted by molar-refractivity contribution is 0.236. The average molecular weight is 385 g/mol. The first-order valence-corrected chi connectivity index (χ1v) is 9.30. The molecule has 0 unspecified atom stereocenters. The zero-order chi connectivity index (χ0) is 19.2. The molecule has 1 aliphatic rings. The lowest BCUT2D eigenvalue weighted by Gasteiger charge is -2.39. The van der Waals surface area contributed by atoms with Crippen LogP contribution in [0.5, 0.6) is 0 Å². The number of H-pyrrole nitrogens is 1. The van der Waals surface area contributed by atoms with Crippen molar-refractivity contribution in [3.63, 3.8) is 0 Å². The molecule has 0 aliphatic carbocycles. The molecule has 4 rings (SSSR count). The Morgan fingerprint density at radius 1 is 1.30 bits per heavy atom. The highest BCUT2D eigenvalue weighted by molar-refractivity contribution is 6.33. The van der Waals surface area contributed by atoms with Crippen LogP contribution in [0.4, 0.5) is 16.0 Å². The number of aromatic nitrogens is 2. The number of fused-ring (bicyclic) bond motifs is 1. The van der Waals surface area contributed by atoms with Crippen molar-refractivity contribution in [1.29, 1.82) is 0 Å². The zero-order valence-corrected chi connectivity index (χ0v) is 16.4. The van der Waals surface area contributed by atoms with Crippen LogP contribution in [0.15, 0.2) is 42.7 Å². The molecule has 0 spiro atoms. The van der Waals surface area contributed by atoms with E-state index in [1.165, 1.54) is 17.2 Å². The van der Waals surface area contributed by atoms with Crippen molar-refractivity contribution < 1.29 is 4.39 Å². The molecule has 2 heterocycles. The predicted octanol–water partition coefficient (Wildman–Crippen LogP) is 5.34. The molecule has 2 N–H and O–H groups in total. The molecule has 0 atom stereocenters. The third-order valence-corrected chi connectivity index (χ3v) is 5.38. The second kappa shape index (κ2) is 6.66. The maximum absolute atomic E-state index is 14.7. The molecular weight excluding hydrogens is 363 g/mol. The number of rotatable bonds is 3. The summed E-state index contributed by atoms with van der Waals surface area (Å²) in [7, 11) is 2.12. The number of hydrogen-bond donors (Lipinski definition) is 2. The summed E-state index contributed by atoms with van der Waals surface area (Å²) in [6.07, 6.45) is 3.42. The van der Waals surface area contributed by atoms with Gasteiger partial charge in [0, 0.05) is 47.7 Å². The first-order valence-electron chi connectivity index (χ1n) is 8.92. The first kappa shape index (κ1) is 18.0. The Morgan fingerprint density at radius 2 is 2.11 bits per heavy atom. The van der Waals surface area contributed by atoms with Crippen LogP contribution in [0.3, 0.4) is 0 Å². The second-order valence-electron chi connectivity index (χ2n) is 7.77. The van der Waals surface area contributed by atoms with Gasteiger partial charge in [0.1, 0.15) is 5.82 Å². The number of anilines is 2. The molecule has 0 radical (unpaired) electrons. The lowest BCUT2D eigenvalue weighted by atomic mass is 9.77. The number of nitrogens with zero attached hydrogens (tertiary/aromatic N) is 2. The first-order chi connectivity index (χ1) is 12.8. The van der Waals surface area contributed by atoms with Gasteiger partial charge in [-0.3, -0.25) is 0 Å². The number of imidazole rings is 1. The summed E-state index contributed by atoms with van der Waals surface area (Å²) in [5.74, 6) is 0.266. The second-order valence-corrected chi connectivity index (χ2v) is 8.18. The van der Waals surface area contributed by atoms with Crippen molar-refractivity contribution in [2.45, 2.75) is 25.8 Å². The fourth-order valence-electron chi connectivity index (χ4n) is 4.04. The van der Waals surface area contributed by atoms with Crippen LogP contribution >= 0.6 is 11.6 Å². The van der Waals surface area contributed by atoms with Gasteiger partial charge in [-0.25, -0.2) is 9.37 Å². The molecule has 0 saturated heterocycles. The molecule has 6 heteroatoms. The van der Waals surface area contributed by atoms with E-state index in [1.54, 1.807) is 24.5 Å². The molecule has 0 saturated carbocycles. The minimum atomic E-state index is -0.337. The SMILES string of the molecule is CN1Cc2cc(Nc3ncc[nH]3)c(-c3c(F)cccc3Cl)cc2C(C)(C)C1. The molecule has 4 nitrogen and oxygen atoms in total. The normalized spacial score (nSPS) is 16.2. The zero-order valence-electron chi connectivity index (χ0n) is 15.6. The Balaban J connectivity index is 1.95. The van der Waals surface area contributed by atoms with Crippen molar-refractivity contribution in [3.05, 3.63) is 64.7 Å². The van der Waals surface area contributed by atoms with E-state index < -0.39 is 0 Å². The fourth-order valence-corrected chi connectivity index (χ4v) is 4.30. The Labute approximate surface area is 163 Å². The summed E-state index contributed by atoms with van der Waals surface area (Å²) in [6.45, 7) is 6.22. The maximum atomic E-state index is 14.7. The number of halogens is 2. The standard InChI is InChI=1S/C21H22ClFN4/c1-21(2)12-27(3)11-13-9-18(26-20-24-7-8-25-20)14(10-15(13)21)19-16(22)5-4-6-17(19)23/h4-10H,11-12H2,1-3H3,(H2,24,25,26). The van der Waals surface area contributed by atoms with Crippen LogP contribution in [-0.4, -0.2) is 28.5 Å². The van der Waals surface area contributed by atoms with Gasteiger partial charge in [-0.15, -0.1) is 0 Å². The average Bonchev–Trinajstić information content (AvgIpc) is 3.07. The van der Waals surface area contributed by atoms with E-state index >= 15 is 0 Å². The fraction of sp³-hybridized carbons (Fsp3) is 0.286. The van der Waals surface area contributed by atoms with Crippen molar-refractivity contribution in [2.24, 2.45) is 0 Å². The molecule has 3 aromatic rings. The Bertz CT molecular complexity index is 962. The molecular formula is C21H22ClFN4. The van der Waals surface area contributed by atoms with E-state index in [2.05, 4.69) is 53.2 Å². The van der Waals surface area contributed by atoms with E-state index in [1.807, 2.05) is 0 Å². The molecule has 0 amide bonds. The summed E-state index contributed by atoms with van der Waals surface area (Å²) in [6, 6.07) is 8.95. The van der Waals surface area contributed by atoms with Gasteiger partial charge in [0.05, 0.1) is 5.02 Å². The van der Waals surface area contributed by atoms with Crippen molar-refractivity contribution >= 4 is 23.2 Å². The number of nitrogens with one attached hydrogen (secondary N) is 2. The van der Waals surface area contributed by atoms with Crippen LogP contribution in [0, 0.1) is 5.82 Å². The smallest absolute Gasteiger partial charge is 0.204 e. The van der Waals surface area contributed by atoms with Gasteiger partial charge in [0.15, 0.2) is 0 Å². The van der Waals surface area contributed by atoms with Crippen LogP contribution in [0.2, 0.25) is 5.02 Å². The maximum Gasteiger partial charge on any atom is 0.204 e. The quantitative estimate of drug-likeness (QED) is 0.641. The van der Waals surface area contributed by atoms with Crippen molar-refractivity contribution in [2.75, 3.05) is 18.9 Å². The molecule has 1 aromatic heterocycles. The van der Waals surface area contributed by atoms with Gasteiger partial charge >= 0.3 is 0 Å². The Hall–Kier alpha value is -2.37. The highest BCUT2D eigenvalue weighted by atomic mass is 35.5. The third-order valence-electron chi connectivity index (χ3n) is 5.06. The molecule has 0 bridgehead atoms. The van der Waals surface area contributed by atoms with Crippen LogP contribution in [0.1, 0.15) is 25.0 Å². The van der Waals surface area contributed by atoms with E-state index in [-0.39, 0.29) is 11.2 Å². The molecule has 0 fully saturated rings. The van der Waals surface area contributed by atoms with E-state index in [9.17, 15) is 4.39 Å². The highest BCUT2D eigenvalue weighted by Crippen LogP contribution is 2.42. The highest BCUT2D eigenvalue weighted by Gasteiger charge is 2.32. The predicted molar refractivity (Wildman–Crippen MR) is 108 cm³/mol. The molecule has 27 heavy (non-hydrogen) atoms. The van der Waals surface area contributed by atoms with Crippen LogP contribution in [0.25, 0.3) is 11.1 Å². The van der Waals surface area contributed by atoms with Gasteiger partial charge in [0.25, 0.3) is 0 Å². The van der Waals surface area contributed by atoms with Gasteiger partial charge in [0.2, 0.25) is 5.95 Å². The molecule has 2 aromatic carbocycles. The summed E-state index contributed by atoms with van der Waals surface area (Å²) < 4.78 is 14.7. The topological polar surface area (TPSA) is 44.0 Å². The summed E-state index contributed by atoms with van der Waals surface area (Å²) in [5, 5.41) is 3.68. The van der Waals surface area contributed by atoms with Gasteiger partial charge in [-0.1, -0.05) is 31.5 Å². The third kappa shape index (κ3) is 3.33. The monoisotopic (exact) mass is 384 g/mol. The van der Waals surface area contributed by atoms with Crippen LogP contribution in [-0.2, 0) is 12.0 Å². The largest absolute Gasteiger partial charge is 0.331 e. The summed E-state index contributed by atoms with van der Waals surface area (Å²) >= 11 is 6.40. The molecule has 1 aliphatic heterocycles. The van der Waals surface area contributed by atoms with Crippen molar-refractivity contribution in [1.82, 2.24) is 14.9 Å². The number of aromatic amines is 1. The lowest BCUT2D eigenvalue weighted by Crippen LogP contribution is -2.40. The number of benzene rings is 2. The van der Waals surface area contributed by atoms with Crippen LogP contribution < -0.4 is 5.32 Å². The summed E-state index contributed by atoms with van der Waals surface area (Å²) in [4.78, 5) is 9.58. The number of hydrogen-bond acceptors (Lipinski definition) is 3. The summed E-state index contributed by atoms with van der Waals surface area (Å²) in [5.41, 5.74) is 4.33. The minimum Gasteiger partial charge on any atom is -0.331 e.